The monoisotopic (exact) mass is 450 g/mol. The standard InChI is InChI=1S/C27H34N2O4/c1-4-16-15-29-8-6-18-12-25(31)27(33-3)14-21(18)23(29)10-19(16)9-22-20-13-26(32-2)24(30)11-17(20)5-7-28-22/h11-14,16,19,23,30-31H,4-10,15H2,1-3H3. The fourth-order valence-electron chi connectivity index (χ4n) is 6.14. The van der Waals surface area contributed by atoms with Crippen LogP contribution < -0.4 is 9.47 Å². The number of phenolic OH excluding ortho intramolecular Hbond substituents is 2. The highest BCUT2D eigenvalue weighted by Gasteiger charge is 2.39. The summed E-state index contributed by atoms with van der Waals surface area (Å²) in [6.07, 6.45) is 4.98. The first-order valence-electron chi connectivity index (χ1n) is 12.1. The van der Waals surface area contributed by atoms with Gasteiger partial charge in [0.2, 0.25) is 0 Å². The number of piperidine rings is 1. The van der Waals surface area contributed by atoms with E-state index < -0.39 is 0 Å². The van der Waals surface area contributed by atoms with Gasteiger partial charge in [-0.2, -0.15) is 0 Å². The van der Waals surface area contributed by atoms with Crippen LogP contribution in [-0.4, -0.2) is 54.7 Å². The highest BCUT2D eigenvalue weighted by molar-refractivity contribution is 6.03. The van der Waals surface area contributed by atoms with Crippen molar-refractivity contribution < 1.29 is 19.7 Å². The SMILES string of the molecule is CCC1CN2CCc3cc(O)c(OC)cc3C2CC1CC1=NCCc2cc(O)c(OC)cc21. The van der Waals surface area contributed by atoms with E-state index >= 15 is 0 Å². The summed E-state index contributed by atoms with van der Waals surface area (Å²) in [5.74, 6) is 2.64. The summed E-state index contributed by atoms with van der Waals surface area (Å²) in [4.78, 5) is 7.56. The molecular formula is C27H34N2O4. The quantitative estimate of drug-likeness (QED) is 0.702. The molecule has 2 N–H and O–H groups in total. The lowest BCUT2D eigenvalue weighted by molar-refractivity contribution is 0.0546. The first kappa shape index (κ1) is 22.1. The summed E-state index contributed by atoms with van der Waals surface area (Å²) in [6, 6.07) is 8.09. The molecule has 3 aliphatic heterocycles. The predicted molar refractivity (Wildman–Crippen MR) is 129 cm³/mol. The van der Waals surface area contributed by atoms with Crippen LogP contribution in [0.1, 0.15) is 54.5 Å². The van der Waals surface area contributed by atoms with E-state index in [1.807, 2.05) is 24.3 Å². The number of hydrogen-bond donors (Lipinski definition) is 2. The van der Waals surface area contributed by atoms with Crippen molar-refractivity contribution in [2.75, 3.05) is 33.9 Å². The van der Waals surface area contributed by atoms with Crippen LogP contribution in [-0.2, 0) is 12.8 Å². The number of aromatic hydroxyl groups is 2. The van der Waals surface area contributed by atoms with Gasteiger partial charge in [0.25, 0.3) is 0 Å². The van der Waals surface area contributed by atoms with Gasteiger partial charge in [-0.1, -0.05) is 13.3 Å². The van der Waals surface area contributed by atoms with Gasteiger partial charge < -0.3 is 19.7 Å². The van der Waals surface area contributed by atoms with E-state index in [1.165, 1.54) is 11.1 Å². The summed E-state index contributed by atoms with van der Waals surface area (Å²) in [6.45, 7) is 5.20. The number of phenols is 2. The highest BCUT2D eigenvalue weighted by atomic mass is 16.5. The third-order valence-electron chi connectivity index (χ3n) is 7.95. The zero-order valence-electron chi connectivity index (χ0n) is 19.8. The number of methoxy groups -OCH3 is 2. The lowest BCUT2D eigenvalue weighted by Gasteiger charge is -2.47. The number of ether oxygens (including phenoxy) is 2. The Hall–Kier alpha value is -2.73. The maximum absolute atomic E-state index is 10.3. The lowest BCUT2D eigenvalue weighted by Crippen LogP contribution is -2.46. The van der Waals surface area contributed by atoms with Gasteiger partial charge in [0.15, 0.2) is 23.0 Å². The molecule has 3 aliphatic rings. The van der Waals surface area contributed by atoms with Crippen molar-refractivity contribution in [1.82, 2.24) is 4.90 Å². The third-order valence-corrected chi connectivity index (χ3v) is 7.95. The van der Waals surface area contributed by atoms with Crippen LogP contribution in [0.4, 0.5) is 0 Å². The van der Waals surface area contributed by atoms with Crippen LogP contribution in [0, 0.1) is 11.8 Å². The van der Waals surface area contributed by atoms with E-state index in [0.29, 0.717) is 29.4 Å². The Bertz CT molecular complexity index is 1080. The molecule has 0 aliphatic carbocycles. The number of rotatable bonds is 5. The molecule has 5 rings (SSSR count). The topological polar surface area (TPSA) is 74.5 Å². The second kappa shape index (κ2) is 8.90. The molecule has 0 bridgehead atoms. The molecule has 0 aromatic heterocycles. The number of fused-ring (bicyclic) bond motifs is 4. The molecule has 1 fully saturated rings. The van der Waals surface area contributed by atoms with Crippen LogP contribution >= 0.6 is 0 Å². The average Bonchev–Trinajstić information content (AvgIpc) is 2.82. The van der Waals surface area contributed by atoms with E-state index in [2.05, 4.69) is 11.8 Å². The maximum atomic E-state index is 10.3. The third kappa shape index (κ3) is 3.95. The Labute approximate surface area is 195 Å². The van der Waals surface area contributed by atoms with Crippen molar-refractivity contribution in [3.63, 3.8) is 0 Å². The Morgan fingerprint density at radius 2 is 1.70 bits per heavy atom. The van der Waals surface area contributed by atoms with E-state index in [1.54, 1.807) is 14.2 Å². The lowest BCUT2D eigenvalue weighted by atomic mass is 9.73. The van der Waals surface area contributed by atoms with E-state index in [4.69, 9.17) is 14.5 Å². The minimum absolute atomic E-state index is 0.202. The number of aliphatic imine (C=N–C) groups is 1. The molecular weight excluding hydrogens is 416 g/mol. The normalized spacial score (nSPS) is 24.3. The summed E-state index contributed by atoms with van der Waals surface area (Å²) in [5, 5.41) is 20.5. The van der Waals surface area contributed by atoms with Crippen molar-refractivity contribution >= 4 is 5.71 Å². The molecule has 6 nitrogen and oxygen atoms in total. The summed E-state index contributed by atoms with van der Waals surface area (Å²) < 4.78 is 10.8. The second-order valence-corrected chi connectivity index (χ2v) is 9.61. The van der Waals surface area contributed by atoms with Crippen molar-refractivity contribution in [3.05, 3.63) is 46.5 Å². The second-order valence-electron chi connectivity index (χ2n) is 9.61. The van der Waals surface area contributed by atoms with Crippen LogP contribution in [0.25, 0.3) is 0 Å². The minimum Gasteiger partial charge on any atom is -0.504 e. The van der Waals surface area contributed by atoms with Gasteiger partial charge in [0, 0.05) is 37.0 Å². The van der Waals surface area contributed by atoms with Crippen molar-refractivity contribution in [2.45, 2.75) is 45.1 Å². The number of nitrogens with zero attached hydrogens (tertiary/aromatic N) is 2. The van der Waals surface area contributed by atoms with Crippen molar-refractivity contribution in [1.29, 1.82) is 0 Å². The fourth-order valence-corrected chi connectivity index (χ4v) is 6.14. The van der Waals surface area contributed by atoms with Gasteiger partial charge in [-0.25, -0.2) is 0 Å². The zero-order valence-corrected chi connectivity index (χ0v) is 19.8. The molecule has 2 aromatic rings. The van der Waals surface area contributed by atoms with E-state index in [0.717, 1.165) is 68.6 Å². The molecule has 6 heteroatoms. The van der Waals surface area contributed by atoms with Crippen molar-refractivity contribution in [2.24, 2.45) is 16.8 Å². The molecule has 0 spiro atoms. The smallest absolute Gasteiger partial charge is 0.161 e. The number of benzene rings is 2. The van der Waals surface area contributed by atoms with E-state index in [-0.39, 0.29) is 11.5 Å². The average molecular weight is 451 g/mol. The van der Waals surface area contributed by atoms with Crippen LogP contribution in [0.15, 0.2) is 29.3 Å². The fraction of sp³-hybridized carbons (Fsp3) is 0.519. The molecule has 33 heavy (non-hydrogen) atoms. The van der Waals surface area contributed by atoms with Gasteiger partial charge in [-0.15, -0.1) is 0 Å². The summed E-state index contributed by atoms with van der Waals surface area (Å²) in [7, 11) is 3.21. The molecule has 0 amide bonds. The Balaban J connectivity index is 1.44. The van der Waals surface area contributed by atoms with Gasteiger partial charge in [-0.3, -0.25) is 9.89 Å². The molecule has 0 saturated carbocycles. The van der Waals surface area contributed by atoms with Crippen LogP contribution in [0.5, 0.6) is 23.0 Å². The molecule has 3 heterocycles. The van der Waals surface area contributed by atoms with Gasteiger partial charge in [0.05, 0.1) is 14.2 Å². The zero-order chi connectivity index (χ0) is 23.1. The summed E-state index contributed by atoms with van der Waals surface area (Å²) >= 11 is 0. The Morgan fingerprint density at radius 3 is 2.42 bits per heavy atom. The van der Waals surface area contributed by atoms with Gasteiger partial charge >= 0.3 is 0 Å². The Kier molecular flexibility index (Phi) is 5.95. The number of hydrogen-bond acceptors (Lipinski definition) is 6. The molecule has 1 saturated heterocycles. The first-order chi connectivity index (χ1) is 16.0. The Morgan fingerprint density at radius 1 is 0.970 bits per heavy atom. The van der Waals surface area contributed by atoms with Crippen LogP contribution in [0.3, 0.4) is 0 Å². The maximum Gasteiger partial charge on any atom is 0.161 e. The van der Waals surface area contributed by atoms with Gasteiger partial charge in [-0.05, 0) is 78.5 Å². The molecule has 0 radical (unpaired) electrons. The largest absolute Gasteiger partial charge is 0.504 e. The molecule has 3 atom stereocenters. The molecule has 3 unspecified atom stereocenters. The minimum atomic E-state index is 0.202. The van der Waals surface area contributed by atoms with Gasteiger partial charge in [0.1, 0.15) is 0 Å². The summed E-state index contributed by atoms with van der Waals surface area (Å²) in [5.41, 5.74) is 5.97. The molecule has 176 valence electrons. The molecule has 2 aromatic carbocycles. The first-order valence-corrected chi connectivity index (χ1v) is 12.1. The van der Waals surface area contributed by atoms with E-state index in [9.17, 15) is 10.2 Å². The predicted octanol–water partition coefficient (Wildman–Crippen LogP) is 4.50. The van der Waals surface area contributed by atoms with Crippen molar-refractivity contribution in [3.8, 4) is 23.0 Å². The highest BCUT2D eigenvalue weighted by Crippen LogP contribution is 2.46. The van der Waals surface area contributed by atoms with Crippen LogP contribution in [0.2, 0.25) is 0 Å².